The molecule has 1 saturated heterocycles. The molecule has 3 heterocycles. The zero-order chi connectivity index (χ0) is 18.4. The number of aromatic nitrogens is 1. The second-order valence-electron chi connectivity index (χ2n) is 6.74. The molecule has 0 aliphatic carbocycles. The lowest BCUT2D eigenvalue weighted by Gasteiger charge is -2.39. The molecule has 0 spiro atoms. The zero-order valence-corrected chi connectivity index (χ0v) is 15.5. The molecule has 0 saturated carbocycles. The van der Waals surface area contributed by atoms with Crippen molar-refractivity contribution >= 4 is 32.7 Å². The summed E-state index contributed by atoms with van der Waals surface area (Å²) in [4.78, 5) is 19.3. The second kappa shape index (κ2) is 6.42. The Hall–Kier alpha value is -2.80. The standard InChI is InChI=1S/C20H18N2O4S/c1-12-18(26-16-8-4-3-7-15(16)24-12)19(23)25-13-10-22(11-13)20-21-14-6-2-5-9-17(14)27-20/h2-9,12-13,18H,10-11H2,1H3. The molecule has 3 aromatic rings. The van der Waals surface area contributed by atoms with Gasteiger partial charge >= 0.3 is 5.97 Å². The highest BCUT2D eigenvalue weighted by Gasteiger charge is 2.39. The summed E-state index contributed by atoms with van der Waals surface area (Å²) >= 11 is 1.65. The van der Waals surface area contributed by atoms with E-state index in [9.17, 15) is 4.79 Å². The summed E-state index contributed by atoms with van der Waals surface area (Å²) in [5.74, 6) is 0.841. The molecule has 27 heavy (non-hydrogen) atoms. The van der Waals surface area contributed by atoms with Crippen LogP contribution in [0.5, 0.6) is 11.5 Å². The van der Waals surface area contributed by atoms with E-state index < -0.39 is 12.2 Å². The number of fused-ring (bicyclic) bond motifs is 2. The molecule has 2 aliphatic heterocycles. The van der Waals surface area contributed by atoms with Crippen molar-refractivity contribution in [3.63, 3.8) is 0 Å². The van der Waals surface area contributed by atoms with E-state index in [1.165, 1.54) is 0 Å². The quantitative estimate of drug-likeness (QED) is 0.648. The van der Waals surface area contributed by atoms with Gasteiger partial charge in [0.2, 0.25) is 6.10 Å². The van der Waals surface area contributed by atoms with Crippen LogP contribution >= 0.6 is 11.3 Å². The number of carbonyl (C=O) groups is 1. The number of thiazole rings is 1. The van der Waals surface area contributed by atoms with Crippen molar-refractivity contribution in [3.8, 4) is 11.5 Å². The number of esters is 1. The van der Waals surface area contributed by atoms with E-state index in [0.29, 0.717) is 24.6 Å². The summed E-state index contributed by atoms with van der Waals surface area (Å²) in [6.07, 6.45) is -1.30. The number of nitrogens with zero attached hydrogens (tertiary/aromatic N) is 2. The molecule has 0 radical (unpaired) electrons. The molecule has 1 aromatic heterocycles. The molecule has 0 N–H and O–H groups in total. The molecule has 5 rings (SSSR count). The fourth-order valence-electron chi connectivity index (χ4n) is 3.27. The van der Waals surface area contributed by atoms with Gasteiger partial charge in [0.25, 0.3) is 0 Å². The Bertz CT molecular complexity index is 965. The molecule has 1 fully saturated rings. The highest BCUT2D eigenvalue weighted by Crippen LogP contribution is 2.35. The summed E-state index contributed by atoms with van der Waals surface area (Å²) in [6, 6.07) is 15.4. The Morgan fingerprint density at radius 2 is 1.81 bits per heavy atom. The third-order valence-corrected chi connectivity index (χ3v) is 5.86. The van der Waals surface area contributed by atoms with Crippen LogP contribution in [0, 0.1) is 0 Å². The maximum absolute atomic E-state index is 12.5. The Balaban J connectivity index is 1.20. The molecule has 7 heteroatoms. The third kappa shape index (κ3) is 2.98. The van der Waals surface area contributed by atoms with Gasteiger partial charge in [0.15, 0.2) is 16.6 Å². The number of hydrogen-bond donors (Lipinski definition) is 0. The highest BCUT2D eigenvalue weighted by atomic mass is 32.1. The molecule has 6 nitrogen and oxygen atoms in total. The van der Waals surface area contributed by atoms with Gasteiger partial charge in [-0.15, -0.1) is 0 Å². The van der Waals surface area contributed by atoms with Gasteiger partial charge in [-0.3, -0.25) is 0 Å². The van der Waals surface area contributed by atoms with Gasteiger partial charge in [0.1, 0.15) is 12.2 Å². The van der Waals surface area contributed by atoms with Gasteiger partial charge in [-0.25, -0.2) is 9.78 Å². The van der Waals surface area contributed by atoms with Crippen LogP contribution in [-0.2, 0) is 9.53 Å². The number of carbonyl (C=O) groups excluding carboxylic acids is 1. The van der Waals surface area contributed by atoms with Crippen molar-refractivity contribution in [2.75, 3.05) is 18.0 Å². The van der Waals surface area contributed by atoms with Crippen molar-refractivity contribution in [3.05, 3.63) is 48.5 Å². The number of para-hydroxylation sites is 3. The summed E-state index contributed by atoms with van der Waals surface area (Å²) in [5, 5.41) is 0.961. The summed E-state index contributed by atoms with van der Waals surface area (Å²) in [5.41, 5.74) is 0.998. The van der Waals surface area contributed by atoms with Gasteiger partial charge in [0.05, 0.1) is 23.3 Å². The average Bonchev–Trinajstić information content (AvgIpc) is 3.07. The predicted octanol–water partition coefficient (Wildman–Crippen LogP) is 3.26. The first kappa shape index (κ1) is 16.4. The minimum Gasteiger partial charge on any atom is -0.482 e. The molecule has 138 valence electrons. The number of anilines is 1. The minimum atomic E-state index is -0.753. The van der Waals surface area contributed by atoms with E-state index in [1.54, 1.807) is 17.4 Å². The number of hydrogen-bond acceptors (Lipinski definition) is 7. The smallest absolute Gasteiger partial charge is 0.351 e. The van der Waals surface area contributed by atoms with Crippen molar-refractivity contribution in [2.45, 2.75) is 25.2 Å². The fraction of sp³-hybridized carbons (Fsp3) is 0.300. The van der Waals surface area contributed by atoms with E-state index in [0.717, 1.165) is 15.3 Å². The van der Waals surface area contributed by atoms with E-state index in [4.69, 9.17) is 14.2 Å². The second-order valence-corrected chi connectivity index (χ2v) is 7.75. The van der Waals surface area contributed by atoms with Crippen LogP contribution in [0.15, 0.2) is 48.5 Å². The SMILES string of the molecule is CC1Oc2ccccc2OC1C(=O)OC1CN(c2nc3ccccc3s2)C1. The average molecular weight is 382 g/mol. The molecular weight excluding hydrogens is 364 g/mol. The van der Waals surface area contributed by atoms with Crippen molar-refractivity contribution in [1.29, 1.82) is 0 Å². The summed E-state index contributed by atoms with van der Waals surface area (Å²) in [6.45, 7) is 3.10. The molecule has 2 aromatic carbocycles. The van der Waals surface area contributed by atoms with Crippen LogP contribution in [0.4, 0.5) is 5.13 Å². The normalized spacial score (nSPS) is 21.7. The molecule has 0 bridgehead atoms. The third-order valence-electron chi connectivity index (χ3n) is 4.76. The van der Waals surface area contributed by atoms with Crippen LogP contribution in [0.25, 0.3) is 10.2 Å². The van der Waals surface area contributed by atoms with E-state index in [2.05, 4.69) is 16.0 Å². The van der Waals surface area contributed by atoms with Gasteiger partial charge in [-0.1, -0.05) is 35.6 Å². The van der Waals surface area contributed by atoms with Crippen LogP contribution in [-0.4, -0.2) is 42.4 Å². The highest BCUT2D eigenvalue weighted by molar-refractivity contribution is 7.22. The first-order chi connectivity index (χ1) is 13.2. The molecule has 2 atom stereocenters. The molecule has 2 unspecified atom stereocenters. The Kier molecular flexibility index (Phi) is 3.89. The van der Waals surface area contributed by atoms with Crippen molar-refractivity contribution in [2.24, 2.45) is 0 Å². The zero-order valence-electron chi connectivity index (χ0n) is 14.7. The summed E-state index contributed by atoms with van der Waals surface area (Å²) in [7, 11) is 0. The van der Waals surface area contributed by atoms with Gasteiger partial charge < -0.3 is 19.1 Å². The topological polar surface area (TPSA) is 60.9 Å². The molecule has 0 amide bonds. The van der Waals surface area contributed by atoms with Crippen LogP contribution < -0.4 is 14.4 Å². The fourth-order valence-corrected chi connectivity index (χ4v) is 4.26. The molecular formula is C20H18N2O4S. The van der Waals surface area contributed by atoms with Gasteiger partial charge in [0, 0.05) is 0 Å². The first-order valence-corrected chi connectivity index (χ1v) is 9.72. The Morgan fingerprint density at radius 1 is 1.11 bits per heavy atom. The Morgan fingerprint density at radius 3 is 2.59 bits per heavy atom. The lowest BCUT2D eigenvalue weighted by atomic mass is 10.1. The van der Waals surface area contributed by atoms with Crippen molar-refractivity contribution < 1.29 is 19.0 Å². The summed E-state index contributed by atoms with van der Waals surface area (Å²) < 4.78 is 18.4. The lowest BCUT2D eigenvalue weighted by Crippen LogP contribution is -2.55. The number of benzene rings is 2. The minimum absolute atomic E-state index is 0.155. The first-order valence-electron chi connectivity index (χ1n) is 8.91. The van der Waals surface area contributed by atoms with Gasteiger partial charge in [-0.05, 0) is 31.2 Å². The van der Waals surface area contributed by atoms with Crippen LogP contribution in [0.2, 0.25) is 0 Å². The predicted molar refractivity (Wildman–Crippen MR) is 103 cm³/mol. The van der Waals surface area contributed by atoms with E-state index in [-0.39, 0.29) is 12.1 Å². The monoisotopic (exact) mass is 382 g/mol. The van der Waals surface area contributed by atoms with E-state index >= 15 is 0 Å². The molecule has 2 aliphatic rings. The lowest BCUT2D eigenvalue weighted by molar-refractivity contribution is -0.164. The van der Waals surface area contributed by atoms with Crippen molar-refractivity contribution in [1.82, 2.24) is 4.98 Å². The van der Waals surface area contributed by atoms with Crippen LogP contribution in [0.3, 0.4) is 0 Å². The van der Waals surface area contributed by atoms with E-state index in [1.807, 2.05) is 43.3 Å². The van der Waals surface area contributed by atoms with Gasteiger partial charge in [-0.2, -0.15) is 0 Å². The number of ether oxygens (including phenoxy) is 3. The Labute approximate surface area is 160 Å². The maximum atomic E-state index is 12.5. The maximum Gasteiger partial charge on any atom is 0.351 e. The number of rotatable bonds is 3. The van der Waals surface area contributed by atoms with Crippen LogP contribution in [0.1, 0.15) is 6.92 Å². The largest absolute Gasteiger partial charge is 0.482 e.